The minimum atomic E-state index is -0.482. The van der Waals surface area contributed by atoms with Crippen molar-refractivity contribution in [3.8, 4) is 0 Å². The Balaban J connectivity index is 1.99. The monoisotopic (exact) mass is 416 g/mol. The van der Waals surface area contributed by atoms with E-state index in [9.17, 15) is 4.79 Å². The quantitative estimate of drug-likeness (QED) is 0.648. The van der Waals surface area contributed by atoms with Crippen LogP contribution in [-0.2, 0) is 4.74 Å². The topological polar surface area (TPSA) is 70.8 Å². The number of rotatable bonds is 7. The number of nitrogens with zero attached hydrogens (tertiary/aromatic N) is 2. The van der Waals surface area contributed by atoms with Gasteiger partial charge in [0.15, 0.2) is 0 Å². The van der Waals surface area contributed by atoms with E-state index < -0.39 is 5.60 Å². The molecule has 1 amide bonds. The van der Waals surface area contributed by atoms with Gasteiger partial charge in [-0.1, -0.05) is 31.2 Å². The van der Waals surface area contributed by atoms with E-state index >= 15 is 0 Å². The number of nitrogens with one attached hydrogen (secondary N) is 1. The van der Waals surface area contributed by atoms with Crippen molar-refractivity contribution in [3.05, 3.63) is 47.3 Å². The highest BCUT2D eigenvalue weighted by atomic mass is 16.6. The standard InChI is InChI=1S/C24H40N4O2/c1-6-20-11-8-7-9-12-21(20)16-28(15-19(2)25)18-27-14-10-13-22(17-27)26-23(29)30-24(3,4)5/h7-8,11-12,15,22H,6,9-10,13-14,16-18,25H2,1-5H3,(H,26,29)/b19-15-. The summed E-state index contributed by atoms with van der Waals surface area (Å²) in [6.07, 6.45) is 14.6. The van der Waals surface area contributed by atoms with Gasteiger partial charge in [0.1, 0.15) is 5.60 Å². The number of hydrogen-bond acceptors (Lipinski definition) is 5. The van der Waals surface area contributed by atoms with Crippen LogP contribution in [0, 0.1) is 0 Å². The molecule has 2 aliphatic rings. The van der Waals surface area contributed by atoms with Crippen molar-refractivity contribution >= 4 is 6.09 Å². The van der Waals surface area contributed by atoms with Crippen LogP contribution in [0.1, 0.15) is 60.3 Å². The van der Waals surface area contributed by atoms with Crippen molar-refractivity contribution < 1.29 is 9.53 Å². The SMILES string of the molecule is CCC1=CC=CCC=C1CN(/C=C(/C)N)CN1CCCC(NC(=O)OC(C)(C)C)C1. The van der Waals surface area contributed by atoms with Gasteiger partial charge < -0.3 is 20.7 Å². The summed E-state index contributed by atoms with van der Waals surface area (Å²) in [5.74, 6) is 0. The molecule has 0 spiro atoms. The van der Waals surface area contributed by atoms with Gasteiger partial charge in [-0.15, -0.1) is 0 Å². The van der Waals surface area contributed by atoms with E-state index in [1.807, 2.05) is 33.9 Å². The van der Waals surface area contributed by atoms with Crippen molar-refractivity contribution in [2.24, 2.45) is 5.73 Å². The fourth-order valence-electron chi connectivity index (χ4n) is 3.90. The summed E-state index contributed by atoms with van der Waals surface area (Å²) in [7, 11) is 0. The van der Waals surface area contributed by atoms with Crippen molar-refractivity contribution in [2.45, 2.75) is 71.9 Å². The van der Waals surface area contributed by atoms with Gasteiger partial charge in [0.25, 0.3) is 0 Å². The first-order valence-electron chi connectivity index (χ1n) is 11.1. The van der Waals surface area contributed by atoms with E-state index in [1.54, 1.807) is 0 Å². The minimum absolute atomic E-state index is 0.103. The zero-order valence-electron chi connectivity index (χ0n) is 19.4. The van der Waals surface area contributed by atoms with Crippen LogP contribution in [0.3, 0.4) is 0 Å². The van der Waals surface area contributed by atoms with Crippen LogP contribution in [0.4, 0.5) is 4.79 Å². The van der Waals surface area contributed by atoms with Crippen LogP contribution in [-0.4, -0.2) is 53.8 Å². The Morgan fingerprint density at radius 2 is 2.17 bits per heavy atom. The largest absolute Gasteiger partial charge is 0.444 e. The predicted molar refractivity (Wildman–Crippen MR) is 124 cm³/mol. The van der Waals surface area contributed by atoms with Crippen LogP contribution >= 0.6 is 0 Å². The Labute approximate surface area is 182 Å². The normalized spacial score (nSPS) is 20.8. The van der Waals surface area contributed by atoms with Gasteiger partial charge in [0.2, 0.25) is 0 Å². The summed E-state index contributed by atoms with van der Waals surface area (Å²) in [4.78, 5) is 16.8. The third kappa shape index (κ3) is 8.66. The van der Waals surface area contributed by atoms with E-state index in [4.69, 9.17) is 10.5 Å². The van der Waals surface area contributed by atoms with E-state index in [0.717, 1.165) is 57.7 Å². The summed E-state index contributed by atoms with van der Waals surface area (Å²) < 4.78 is 5.42. The van der Waals surface area contributed by atoms with E-state index in [0.29, 0.717) is 0 Å². The molecule has 1 atom stereocenters. The molecule has 0 bridgehead atoms. The lowest BCUT2D eigenvalue weighted by molar-refractivity contribution is 0.0457. The minimum Gasteiger partial charge on any atom is -0.444 e. The predicted octanol–water partition coefficient (Wildman–Crippen LogP) is 4.28. The molecule has 6 heteroatoms. The smallest absolute Gasteiger partial charge is 0.407 e. The molecule has 0 radical (unpaired) electrons. The molecular formula is C24H40N4O2. The number of hydrogen-bond donors (Lipinski definition) is 2. The number of ether oxygens (including phenoxy) is 1. The van der Waals surface area contributed by atoms with Crippen LogP contribution < -0.4 is 11.1 Å². The molecule has 1 aliphatic heterocycles. The number of allylic oxidation sites excluding steroid dienone is 5. The second-order valence-electron chi connectivity index (χ2n) is 9.26. The number of carbonyl (C=O) groups excluding carboxylic acids is 1. The van der Waals surface area contributed by atoms with Gasteiger partial charge in [0, 0.05) is 31.0 Å². The number of nitrogens with two attached hydrogens (primary N) is 1. The van der Waals surface area contributed by atoms with Gasteiger partial charge in [0.05, 0.1) is 6.67 Å². The molecule has 1 unspecified atom stereocenters. The molecule has 0 aromatic heterocycles. The molecule has 3 N–H and O–H groups in total. The summed E-state index contributed by atoms with van der Waals surface area (Å²) in [6.45, 7) is 13.2. The molecule has 1 aliphatic carbocycles. The van der Waals surface area contributed by atoms with Gasteiger partial charge in [-0.05, 0) is 71.1 Å². The van der Waals surface area contributed by atoms with Crippen molar-refractivity contribution in [3.63, 3.8) is 0 Å². The molecule has 6 nitrogen and oxygen atoms in total. The summed E-state index contributed by atoms with van der Waals surface area (Å²) >= 11 is 0. The van der Waals surface area contributed by atoms with Crippen molar-refractivity contribution in [2.75, 3.05) is 26.3 Å². The van der Waals surface area contributed by atoms with Crippen molar-refractivity contribution in [1.29, 1.82) is 0 Å². The number of piperidine rings is 1. The highest BCUT2D eigenvalue weighted by Gasteiger charge is 2.25. The van der Waals surface area contributed by atoms with Gasteiger partial charge >= 0.3 is 6.09 Å². The zero-order valence-corrected chi connectivity index (χ0v) is 19.4. The molecule has 0 saturated carbocycles. The molecule has 2 rings (SSSR count). The molecule has 168 valence electrons. The second-order valence-corrected chi connectivity index (χ2v) is 9.26. The van der Waals surface area contributed by atoms with E-state index in [-0.39, 0.29) is 12.1 Å². The van der Waals surface area contributed by atoms with Crippen LogP contribution in [0.15, 0.2) is 47.3 Å². The maximum absolute atomic E-state index is 12.2. The number of likely N-dealkylation sites (tertiary alicyclic amines) is 1. The first-order chi connectivity index (χ1) is 14.2. The Hall–Kier alpha value is -2.21. The lowest BCUT2D eigenvalue weighted by atomic mass is 10.0. The Bertz CT molecular complexity index is 696. The average Bonchev–Trinajstić information content (AvgIpc) is 2.84. The second kappa shape index (κ2) is 11.3. The first kappa shape index (κ1) is 24.1. The summed E-state index contributed by atoms with van der Waals surface area (Å²) in [6, 6.07) is 0.103. The lowest BCUT2D eigenvalue weighted by Crippen LogP contribution is -2.51. The van der Waals surface area contributed by atoms with Gasteiger partial charge in [-0.25, -0.2) is 4.79 Å². The lowest BCUT2D eigenvalue weighted by Gasteiger charge is -2.37. The fourth-order valence-corrected chi connectivity index (χ4v) is 3.90. The molecule has 0 aromatic rings. The molecule has 1 heterocycles. The maximum atomic E-state index is 12.2. The van der Waals surface area contributed by atoms with E-state index in [2.05, 4.69) is 46.3 Å². The number of alkyl carbamates (subject to hydrolysis) is 1. The molecule has 1 fully saturated rings. The number of amides is 1. The fraction of sp³-hybridized carbons (Fsp3) is 0.625. The molecule has 0 aromatic carbocycles. The van der Waals surface area contributed by atoms with Crippen LogP contribution in [0.5, 0.6) is 0 Å². The Kier molecular flexibility index (Phi) is 9.03. The average molecular weight is 417 g/mol. The number of carbonyl (C=O) groups is 1. The van der Waals surface area contributed by atoms with Crippen LogP contribution in [0.2, 0.25) is 0 Å². The van der Waals surface area contributed by atoms with Crippen LogP contribution in [0.25, 0.3) is 0 Å². The summed E-state index contributed by atoms with van der Waals surface area (Å²) in [5.41, 5.74) is 9.09. The zero-order chi connectivity index (χ0) is 22.1. The van der Waals surface area contributed by atoms with Crippen molar-refractivity contribution in [1.82, 2.24) is 15.1 Å². The van der Waals surface area contributed by atoms with E-state index in [1.165, 1.54) is 11.1 Å². The Morgan fingerprint density at radius 3 is 2.83 bits per heavy atom. The first-order valence-corrected chi connectivity index (χ1v) is 11.1. The maximum Gasteiger partial charge on any atom is 0.407 e. The van der Waals surface area contributed by atoms with Gasteiger partial charge in [-0.3, -0.25) is 4.90 Å². The molecule has 1 saturated heterocycles. The Morgan fingerprint density at radius 1 is 1.40 bits per heavy atom. The summed E-state index contributed by atoms with van der Waals surface area (Å²) in [5, 5.41) is 3.04. The highest BCUT2D eigenvalue weighted by molar-refractivity contribution is 5.68. The molecule has 30 heavy (non-hydrogen) atoms. The third-order valence-electron chi connectivity index (χ3n) is 5.09. The van der Waals surface area contributed by atoms with Gasteiger partial charge in [-0.2, -0.15) is 0 Å². The highest BCUT2D eigenvalue weighted by Crippen LogP contribution is 2.20. The third-order valence-corrected chi connectivity index (χ3v) is 5.09. The molecular weight excluding hydrogens is 376 g/mol.